The number of nitrogens with zero attached hydrogens (tertiary/aromatic N) is 2. The summed E-state index contributed by atoms with van der Waals surface area (Å²) >= 11 is 1.77. The van der Waals surface area contributed by atoms with Crippen LogP contribution in [0.25, 0.3) is 0 Å². The molecule has 0 aliphatic carbocycles. The Morgan fingerprint density at radius 3 is 2.38 bits per heavy atom. The van der Waals surface area contributed by atoms with Crippen molar-refractivity contribution in [3.05, 3.63) is 59.7 Å². The van der Waals surface area contributed by atoms with E-state index in [0.29, 0.717) is 0 Å². The van der Waals surface area contributed by atoms with Crippen LogP contribution in [0.5, 0.6) is 0 Å². The van der Waals surface area contributed by atoms with E-state index in [-0.39, 0.29) is 5.41 Å². The molecule has 2 nitrogen and oxygen atoms in total. The summed E-state index contributed by atoms with van der Waals surface area (Å²) in [6.45, 7) is 2.91. The fourth-order valence-electron chi connectivity index (χ4n) is 4.19. The molecule has 138 valence electrons. The zero-order chi connectivity index (χ0) is 18.4. The van der Waals surface area contributed by atoms with Gasteiger partial charge in [0.2, 0.25) is 0 Å². The van der Waals surface area contributed by atoms with Crippen molar-refractivity contribution >= 4 is 23.3 Å². The minimum absolute atomic E-state index is 0.153. The Kier molecular flexibility index (Phi) is 4.43. The van der Waals surface area contributed by atoms with Gasteiger partial charge in [0.25, 0.3) is 0 Å². The van der Waals surface area contributed by atoms with Gasteiger partial charge in [0.1, 0.15) is 0 Å². The molecule has 2 aliphatic heterocycles. The van der Waals surface area contributed by atoms with Crippen LogP contribution in [0.2, 0.25) is 0 Å². The van der Waals surface area contributed by atoms with E-state index in [4.69, 9.17) is 0 Å². The average Bonchev–Trinajstić information content (AvgIpc) is 3.03. The molecule has 26 heavy (non-hydrogen) atoms. The molecule has 0 aromatic heterocycles. The Labute approximate surface area is 156 Å². The smallest absolute Gasteiger partial charge is 0.341 e. The SMILES string of the molecule is CSN1CCC2(Cc3ccccc3N(c3ccc(C(F)(F)F)cc3)C2)C1. The molecule has 0 saturated carbocycles. The Hall–Kier alpha value is -1.66. The molecular weight excluding hydrogens is 357 g/mol. The van der Waals surface area contributed by atoms with E-state index >= 15 is 0 Å². The van der Waals surface area contributed by atoms with Crippen LogP contribution in [0.1, 0.15) is 17.5 Å². The van der Waals surface area contributed by atoms with Gasteiger partial charge in [0.05, 0.1) is 5.56 Å². The molecule has 1 spiro atoms. The first kappa shape index (κ1) is 17.7. The molecule has 2 heterocycles. The molecule has 2 aromatic carbocycles. The summed E-state index contributed by atoms with van der Waals surface area (Å²) in [4.78, 5) is 2.20. The van der Waals surface area contributed by atoms with Gasteiger partial charge in [-0.2, -0.15) is 13.2 Å². The lowest BCUT2D eigenvalue weighted by Crippen LogP contribution is -2.42. The number of hydrogen-bond acceptors (Lipinski definition) is 3. The maximum atomic E-state index is 12.9. The third-order valence-corrected chi connectivity index (χ3v) is 6.34. The summed E-state index contributed by atoms with van der Waals surface area (Å²) in [6.07, 6.45) is -0.0655. The molecule has 2 aliphatic rings. The fourth-order valence-corrected chi connectivity index (χ4v) is 4.86. The highest BCUT2D eigenvalue weighted by atomic mass is 32.2. The van der Waals surface area contributed by atoms with E-state index in [1.165, 1.54) is 17.7 Å². The normalized spacial score (nSPS) is 23.5. The van der Waals surface area contributed by atoms with E-state index in [1.54, 1.807) is 24.1 Å². The van der Waals surface area contributed by atoms with Gasteiger partial charge in [-0.05, 0) is 55.0 Å². The summed E-state index contributed by atoms with van der Waals surface area (Å²) in [5.41, 5.74) is 2.77. The van der Waals surface area contributed by atoms with Crippen molar-refractivity contribution in [2.45, 2.75) is 19.0 Å². The maximum Gasteiger partial charge on any atom is 0.416 e. The first-order chi connectivity index (χ1) is 12.4. The van der Waals surface area contributed by atoms with Crippen LogP contribution in [0.15, 0.2) is 48.5 Å². The minimum atomic E-state index is -4.30. The van der Waals surface area contributed by atoms with E-state index in [2.05, 4.69) is 27.6 Å². The monoisotopic (exact) mass is 378 g/mol. The molecular formula is C20H21F3N2S. The van der Waals surface area contributed by atoms with E-state index in [9.17, 15) is 13.2 Å². The van der Waals surface area contributed by atoms with Gasteiger partial charge in [-0.3, -0.25) is 4.31 Å². The Morgan fingerprint density at radius 1 is 1.00 bits per heavy atom. The highest BCUT2D eigenvalue weighted by molar-refractivity contribution is 7.96. The number of alkyl halides is 3. The molecule has 0 N–H and O–H groups in total. The van der Waals surface area contributed by atoms with Gasteiger partial charge in [-0.25, -0.2) is 0 Å². The van der Waals surface area contributed by atoms with Crippen molar-refractivity contribution in [1.29, 1.82) is 0 Å². The second-order valence-corrected chi connectivity index (χ2v) is 8.11. The number of halogens is 3. The summed E-state index contributed by atoms with van der Waals surface area (Å²) in [7, 11) is 0. The zero-order valence-corrected chi connectivity index (χ0v) is 15.4. The molecule has 1 fully saturated rings. The van der Waals surface area contributed by atoms with Crippen LogP contribution in [-0.4, -0.2) is 30.2 Å². The van der Waals surface area contributed by atoms with Crippen molar-refractivity contribution in [3.63, 3.8) is 0 Å². The first-order valence-corrected chi connectivity index (χ1v) is 9.90. The van der Waals surface area contributed by atoms with Gasteiger partial charge in [0.15, 0.2) is 0 Å². The van der Waals surface area contributed by atoms with Crippen LogP contribution in [0.3, 0.4) is 0 Å². The maximum absolute atomic E-state index is 12.9. The highest BCUT2D eigenvalue weighted by Gasteiger charge is 2.43. The topological polar surface area (TPSA) is 6.48 Å². The Morgan fingerprint density at radius 2 is 1.73 bits per heavy atom. The van der Waals surface area contributed by atoms with Crippen molar-refractivity contribution in [3.8, 4) is 0 Å². The van der Waals surface area contributed by atoms with Gasteiger partial charge >= 0.3 is 6.18 Å². The minimum Gasteiger partial charge on any atom is -0.341 e. The highest BCUT2D eigenvalue weighted by Crippen LogP contribution is 2.46. The molecule has 0 radical (unpaired) electrons. The number of benzene rings is 2. The summed E-state index contributed by atoms with van der Waals surface area (Å²) in [6, 6.07) is 13.8. The van der Waals surface area contributed by atoms with Crippen molar-refractivity contribution in [1.82, 2.24) is 4.31 Å². The van der Waals surface area contributed by atoms with E-state index in [1.807, 2.05) is 12.1 Å². The second kappa shape index (κ2) is 6.50. The average molecular weight is 378 g/mol. The molecule has 6 heteroatoms. The van der Waals surface area contributed by atoms with Crippen LogP contribution < -0.4 is 4.90 Å². The molecule has 4 rings (SSSR count). The number of fused-ring (bicyclic) bond motifs is 1. The lowest BCUT2D eigenvalue weighted by molar-refractivity contribution is -0.137. The predicted octanol–water partition coefficient (Wildman–Crippen LogP) is 5.37. The van der Waals surface area contributed by atoms with Crippen LogP contribution >= 0.6 is 11.9 Å². The van der Waals surface area contributed by atoms with Crippen LogP contribution in [0.4, 0.5) is 24.5 Å². The van der Waals surface area contributed by atoms with Crippen molar-refractivity contribution < 1.29 is 13.2 Å². The summed E-state index contributed by atoms with van der Waals surface area (Å²) in [5.74, 6) is 0. The molecule has 1 unspecified atom stereocenters. The van der Waals surface area contributed by atoms with Crippen LogP contribution in [0, 0.1) is 5.41 Å². The van der Waals surface area contributed by atoms with Gasteiger partial charge in [-0.1, -0.05) is 30.1 Å². The van der Waals surface area contributed by atoms with Gasteiger partial charge in [0, 0.05) is 36.4 Å². The van der Waals surface area contributed by atoms with Gasteiger partial charge < -0.3 is 4.90 Å². The largest absolute Gasteiger partial charge is 0.416 e. The van der Waals surface area contributed by atoms with Gasteiger partial charge in [-0.15, -0.1) is 0 Å². The van der Waals surface area contributed by atoms with Crippen LogP contribution in [-0.2, 0) is 12.6 Å². The van der Waals surface area contributed by atoms with Crippen molar-refractivity contribution in [2.24, 2.45) is 5.41 Å². The van der Waals surface area contributed by atoms with Crippen molar-refractivity contribution in [2.75, 3.05) is 30.8 Å². The number of anilines is 2. The number of para-hydroxylation sites is 1. The second-order valence-electron chi connectivity index (χ2n) is 7.23. The third-order valence-electron chi connectivity index (χ3n) is 5.51. The third kappa shape index (κ3) is 3.21. The first-order valence-electron chi connectivity index (χ1n) is 8.72. The molecule has 1 atom stereocenters. The molecule has 0 bridgehead atoms. The Balaban J connectivity index is 1.70. The standard InChI is InChI=1S/C20H21F3N2S/c1-26-24-11-10-19(13-24)12-15-4-2-3-5-18(15)25(14-19)17-8-6-16(7-9-17)20(21,22)23/h2-9H,10-14H2,1H3. The molecule has 0 amide bonds. The predicted molar refractivity (Wildman–Crippen MR) is 101 cm³/mol. The molecule has 2 aromatic rings. The number of rotatable bonds is 2. The van der Waals surface area contributed by atoms with E-state index < -0.39 is 11.7 Å². The van der Waals surface area contributed by atoms with E-state index in [0.717, 1.165) is 43.9 Å². The summed E-state index contributed by atoms with van der Waals surface area (Å²) in [5, 5.41) is 0. The quantitative estimate of drug-likeness (QED) is 0.649. The zero-order valence-electron chi connectivity index (χ0n) is 14.6. The summed E-state index contributed by atoms with van der Waals surface area (Å²) < 4.78 is 41.1. The lowest BCUT2D eigenvalue weighted by atomic mass is 9.77. The number of hydrogen-bond donors (Lipinski definition) is 0. The fraction of sp³-hybridized carbons (Fsp3) is 0.400. The molecule has 1 saturated heterocycles. The Bertz CT molecular complexity index is 790. The lowest BCUT2D eigenvalue weighted by Gasteiger charge is -2.42.